The standard InChI is InChI=1S/C24H19ClN4O2S/c1-28-21-20(22(30)27-23(28)31)29(13-16-8-3-5-12-19(16)25)24(26-21)32-14-17-10-6-9-15-7-2-4-11-18(15)17/h2-12H,13-14H2,1H3,(H,27,30,31). The van der Waals surface area contributed by atoms with Gasteiger partial charge in [-0.25, -0.2) is 9.78 Å². The minimum absolute atomic E-state index is 0.353. The molecule has 0 radical (unpaired) electrons. The van der Waals surface area contributed by atoms with Gasteiger partial charge in [0.25, 0.3) is 5.56 Å². The zero-order chi connectivity index (χ0) is 22.2. The smallest absolute Gasteiger partial charge is 0.309 e. The molecule has 0 fully saturated rings. The average Bonchev–Trinajstić information content (AvgIpc) is 3.16. The fourth-order valence-electron chi connectivity index (χ4n) is 3.83. The monoisotopic (exact) mass is 462 g/mol. The molecule has 0 atom stereocenters. The summed E-state index contributed by atoms with van der Waals surface area (Å²) in [5, 5.41) is 3.62. The number of aromatic amines is 1. The summed E-state index contributed by atoms with van der Waals surface area (Å²) in [6.45, 7) is 0.370. The lowest BCUT2D eigenvalue weighted by atomic mass is 10.1. The second-order valence-corrected chi connectivity index (χ2v) is 8.84. The van der Waals surface area contributed by atoms with Crippen molar-refractivity contribution in [3.63, 3.8) is 0 Å². The second-order valence-electron chi connectivity index (χ2n) is 7.49. The zero-order valence-corrected chi connectivity index (χ0v) is 18.8. The van der Waals surface area contributed by atoms with Crippen molar-refractivity contribution in [3.8, 4) is 0 Å². The number of halogens is 1. The van der Waals surface area contributed by atoms with E-state index >= 15 is 0 Å². The number of aryl methyl sites for hydroxylation is 1. The lowest BCUT2D eigenvalue weighted by Crippen LogP contribution is -2.29. The third-order valence-corrected chi connectivity index (χ3v) is 6.89. The molecule has 0 aliphatic heterocycles. The Morgan fingerprint density at radius 1 is 0.969 bits per heavy atom. The van der Waals surface area contributed by atoms with E-state index in [9.17, 15) is 9.59 Å². The Hall–Kier alpha value is -3.29. The molecule has 0 amide bonds. The van der Waals surface area contributed by atoms with Crippen LogP contribution in [0.25, 0.3) is 21.9 Å². The summed E-state index contributed by atoms with van der Waals surface area (Å²) in [5.41, 5.74) is 1.80. The molecule has 0 aliphatic carbocycles. The van der Waals surface area contributed by atoms with Crippen LogP contribution >= 0.6 is 23.4 Å². The molecular formula is C24H19ClN4O2S. The second kappa shape index (κ2) is 8.33. The molecule has 1 N–H and O–H groups in total. The van der Waals surface area contributed by atoms with Gasteiger partial charge in [0.05, 0.1) is 6.54 Å². The molecule has 0 saturated heterocycles. The van der Waals surface area contributed by atoms with Crippen molar-refractivity contribution >= 4 is 45.3 Å². The fraction of sp³-hybridized carbons (Fsp3) is 0.125. The molecule has 8 heteroatoms. The third-order valence-electron chi connectivity index (χ3n) is 5.50. The van der Waals surface area contributed by atoms with Gasteiger partial charge in [-0.3, -0.25) is 14.3 Å². The lowest BCUT2D eigenvalue weighted by molar-refractivity contribution is 0.728. The van der Waals surface area contributed by atoms with Crippen molar-refractivity contribution in [1.29, 1.82) is 0 Å². The fourth-order valence-corrected chi connectivity index (χ4v) is 5.02. The summed E-state index contributed by atoms with van der Waals surface area (Å²) in [7, 11) is 1.60. The van der Waals surface area contributed by atoms with E-state index in [1.807, 2.05) is 47.0 Å². The topological polar surface area (TPSA) is 72.7 Å². The Morgan fingerprint density at radius 2 is 1.69 bits per heavy atom. The van der Waals surface area contributed by atoms with Gasteiger partial charge in [-0.05, 0) is 28.0 Å². The van der Waals surface area contributed by atoms with Gasteiger partial charge in [0.2, 0.25) is 0 Å². The molecule has 32 heavy (non-hydrogen) atoms. The van der Waals surface area contributed by atoms with E-state index in [-0.39, 0.29) is 0 Å². The molecule has 0 bridgehead atoms. The van der Waals surface area contributed by atoms with Crippen LogP contribution in [0.2, 0.25) is 5.02 Å². The van der Waals surface area contributed by atoms with Crippen molar-refractivity contribution in [1.82, 2.24) is 19.1 Å². The largest absolute Gasteiger partial charge is 0.329 e. The molecule has 160 valence electrons. The summed E-state index contributed by atoms with van der Waals surface area (Å²) in [5.74, 6) is 0.666. The molecular weight excluding hydrogens is 444 g/mol. The van der Waals surface area contributed by atoms with E-state index in [0.717, 1.165) is 5.56 Å². The summed E-state index contributed by atoms with van der Waals surface area (Å²) >= 11 is 7.93. The maximum atomic E-state index is 12.7. The van der Waals surface area contributed by atoms with Crippen molar-refractivity contribution in [3.05, 3.63) is 104 Å². The van der Waals surface area contributed by atoms with Crippen LogP contribution in [0, 0.1) is 0 Å². The SMILES string of the molecule is Cn1c(=O)[nH]c(=O)c2c1nc(SCc1cccc3ccccc13)n2Cc1ccccc1Cl. The summed E-state index contributed by atoms with van der Waals surface area (Å²) in [6.07, 6.45) is 0. The van der Waals surface area contributed by atoms with Gasteiger partial charge in [-0.15, -0.1) is 0 Å². The van der Waals surface area contributed by atoms with E-state index in [1.165, 1.54) is 32.7 Å². The van der Waals surface area contributed by atoms with Gasteiger partial charge in [0, 0.05) is 17.8 Å². The number of hydrogen-bond donors (Lipinski definition) is 1. The highest BCUT2D eigenvalue weighted by atomic mass is 35.5. The molecule has 0 aliphatic rings. The van der Waals surface area contributed by atoms with Gasteiger partial charge in [-0.1, -0.05) is 84.0 Å². The first-order valence-corrected chi connectivity index (χ1v) is 11.4. The van der Waals surface area contributed by atoms with Gasteiger partial charge in [-0.2, -0.15) is 0 Å². The van der Waals surface area contributed by atoms with Crippen LogP contribution < -0.4 is 11.2 Å². The van der Waals surface area contributed by atoms with Crippen LogP contribution in [0.4, 0.5) is 0 Å². The first kappa shape index (κ1) is 20.6. The lowest BCUT2D eigenvalue weighted by Gasteiger charge is -2.11. The molecule has 2 aromatic heterocycles. The van der Waals surface area contributed by atoms with E-state index in [4.69, 9.17) is 11.6 Å². The van der Waals surface area contributed by atoms with Crippen LogP contribution in [0.5, 0.6) is 0 Å². The molecule has 0 unspecified atom stereocenters. The van der Waals surface area contributed by atoms with Gasteiger partial charge in [0.15, 0.2) is 16.3 Å². The number of fused-ring (bicyclic) bond motifs is 2. The molecule has 3 aromatic carbocycles. The minimum Gasteiger partial charge on any atom is -0.309 e. The summed E-state index contributed by atoms with van der Waals surface area (Å²) in [6, 6.07) is 22.0. The molecule has 5 rings (SSSR count). The van der Waals surface area contributed by atoms with Gasteiger partial charge < -0.3 is 4.57 Å². The Kier molecular flexibility index (Phi) is 5.36. The number of hydrogen-bond acceptors (Lipinski definition) is 4. The van der Waals surface area contributed by atoms with Crippen molar-refractivity contribution in [2.75, 3.05) is 0 Å². The maximum absolute atomic E-state index is 12.7. The van der Waals surface area contributed by atoms with Crippen molar-refractivity contribution in [2.45, 2.75) is 17.5 Å². The molecule has 0 saturated carbocycles. The number of rotatable bonds is 5. The Balaban J connectivity index is 1.62. The molecule has 2 heterocycles. The quantitative estimate of drug-likeness (QED) is 0.388. The summed E-state index contributed by atoms with van der Waals surface area (Å²) in [4.78, 5) is 31.9. The number of nitrogens with zero attached hydrogens (tertiary/aromatic N) is 3. The van der Waals surface area contributed by atoms with Crippen LogP contribution in [-0.4, -0.2) is 19.1 Å². The number of imidazole rings is 1. The molecule has 6 nitrogen and oxygen atoms in total. The highest BCUT2D eigenvalue weighted by Crippen LogP contribution is 2.30. The van der Waals surface area contributed by atoms with E-state index in [1.54, 1.807) is 7.05 Å². The predicted molar refractivity (Wildman–Crippen MR) is 130 cm³/mol. The highest BCUT2D eigenvalue weighted by molar-refractivity contribution is 7.98. The normalized spacial score (nSPS) is 11.4. The Labute approximate surface area is 192 Å². The third kappa shape index (κ3) is 3.63. The van der Waals surface area contributed by atoms with Gasteiger partial charge in [0.1, 0.15) is 0 Å². The molecule has 0 spiro atoms. The van der Waals surface area contributed by atoms with Crippen molar-refractivity contribution in [2.24, 2.45) is 7.05 Å². The van der Waals surface area contributed by atoms with Crippen LogP contribution in [-0.2, 0) is 19.3 Å². The van der Waals surface area contributed by atoms with Crippen LogP contribution in [0.3, 0.4) is 0 Å². The Bertz CT molecular complexity index is 1580. The van der Waals surface area contributed by atoms with Crippen LogP contribution in [0.15, 0.2) is 81.5 Å². The number of benzene rings is 3. The number of nitrogens with one attached hydrogen (secondary N) is 1. The summed E-state index contributed by atoms with van der Waals surface area (Å²) < 4.78 is 3.20. The maximum Gasteiger partial charge on any atom is 0.329 e. The van der Waals surface area contributed by atoms with Crippen molar-refractivity contribution < 1.29 is 0 Å². The minimum atomic E-state index is -0.490. The Morgan fingerprint density at radius 3 is 2.53 bits per heavy atom. The number of H-pyrrole nitrogens is 1. The first-order chi connectivity index (χ1) is 15.5. The first-order valence-electron chi connectivity index (χ1n) is 10.1. The zero-order valence-electron chi connectivity index (χ0n) is 17.2. The van der Waals surface area contributed by atoms with E-state index in [0.29, 0.717) is 33.6 Å². The van der Waals surface area contributed by atoms with Crippen LogP contribution in [0.1, 0.15) is 11.1 Å². The average molecular weight is 463 g/mol. The number of aromatic nitrogens is 4. The van der Waals surface area contributed by atoms with E-state index in [2.05, 4.69) is 34.2 Å². The predicted octanol–water partition coefficient (Wildman–Crippen LogP) is 4.57. The molecule has 5 aromatic rings. The van der Waals surface area contributed by atoms with E-state index < -0.39 is 11.2 Å². The van der Waals surface area contributed by atoms with Gasteiger partial charge >= 0.3 is 5.69 Å². The number of thioether (sulfide) groups is 1. The highest BCUT2D eigenvalue weighted by Gasteiger charge is 2.19.